The molecule has 0 saturated carbocycles. The van der Waals surface area contributed by atoms with Gasteiger partial charge in [-0.2, -0.15) is 0 Å². The molecule has 0 aromatic heterocycles. The fourth-order valence-corrected chi connectivity index (χ4v) is 3.02. The molecule has 2 aromatic carbocycles. The highest BCUT2D eigenvalue weighted by Gasteiger charge is 2.35. The van der Waals surface area contributed by atoms with Gasteiger partial charge in [0, 0.05) is 19.5 Å². The van der Waals surface area contributed by atoms with Crippen LogP contribution in [0.2, 0.25) is 0 Å². The topological polar surface area (TPSA) is 82.1 Å². The number of nitrogens with zero attached hydrogens (tertiary/aromatic N) is 1. The van der Waals surface area contributed by atoms with Gasteiger partial charge in [0.25, 0.3) is 0 Å². The molecule has 7 nitrogen and oxygen atoms in total. The zero-order valence-electron chi connectivity index (χ0n) is 16.7. The summed E-state index contributed by atoms with van der Waals surface area (Å²) in [5, 5.41) is 0. The fraction of sp³-hybridized carbons (Fsp3) is 0.261. The zero-order valence-corrected chi connectivity index (χ0v) is 16.7. The van der Waals surface area contributed by atoms with Crippen molar-refractivity contribution in [2.24, 2.45) is 0 Å². The highest BCUT2D eigenvalue weighted by Crippen LogP contribution is 2.24. The van der Waals surface area contributed by atoms with E-state index in [-0.39, 0.29) is 19.6 Å². The maximum absolute atomic E-state index is 12.7. The average Bonchev–Trinajstić information content (AvgIpc) is 2.77. The van der Waals surface area contributed by atoms with Gasteiger partial charge in [0.15, 0.2) is 0 Å². The normalized spacial score (nSPS) is 15.7. The van der Waals surface area contributed by atoms with Crippen molar-refractivity contribution in [2.45, 2.75) is 39.0 Å². The Morgan fingerprint density at radius 2 is 1.47 bits per heavy atom. The number of carbonyl (C=O) groups is 3. The molecular weight excluding hydrogens is 386 g/mol. The Balaban J connectivity index is 1.69. The van der Waals surface area contributed by atoms with Crippen LogP contribution in [-0.2, 0) is 37.0 Å². The Kier molecular flexibility index (Phi) is 7.21. The molecule has 1 atom stereocenters. The highest BCUT2D eigenvalue weighted by molar-refractivity contribution is 5.82. The summed E-state index contributed by atoms with van der Waals surface area (Å²) < 4.78 is 15.9. The third-order valence-electron chi connectivity index (χ3n) is 4.47. The fourth-order valence-electron chi connectivity index (χ4n) is 3.02. The van der Waals surface area contributed by atoms with E-state index in [0.717, 1.165) is 16.0 Å². The molecule has 0 radical (unpaired) electrons. The lowest BCUT2D eigenvalue weighted by Gasteiger charge is -2.30. The van der Waals surface area contributed by atoms with E-state index in [4.69, 9.17) is 14.2 Å². The quantitative estimate of drug-likeness (QED) is 0.531. The molecule has 0 saturated heterocycles. The van der Waals surface area contributed by atoms with Crippen molar-refractivity contribution in [3.05, 3.63) is 83.7 Å². The summed E-state index contributed by atoms with van der Waals surface area (Å²) >= 11 is 0. The highest BCUT2D eigenvalue weighted by atomic mass is 16.6. The molecule has 2 aromatic rings. The third-order valence-corrected chi connectivity index (χ3v) is 4.47. The minimum Gasteiger partial charge on any atom is -0.459 e. The van der Waals surface area contributed by atoms with Gasteiger partial charge in [0.05, 0.1) is 0 Å². The number of carbonyl (C=O) groups excluding carboxylic acids is 3. The first kappa shape index (κ1) is 21.1. The van der Waals surface area contributed by atoms with E-state index in [1.807, 2.05) is 60.7 Å². The summed E-state index contributed by atoms with van der Waals surface area (Å²) in [5.74, 6) is -0.746. The maximum atomic E-state index is 12.7. The lowest BCUT2D eigenvalue weighted by atomic mass is 10.1. The van der Waals surface area contributed by atoms with Gasteiger partial charge in [0.1, 0.15) is 25.0 Å². The predicted octanol–water partition coefficient (Wildman–Crippen LogP) is 3.94. The largest absolute Gasteiger partial charge is 0.459 e. The van der Waals surface area contributed by atoms with Crippen molar-refractivity contribution in [2.75, 3.05) is 0 Å². The van der Waals surface area contributed by atoms with Gasteiger partial charge in [-0.1, -0.05) is 60.7 Å². The van der Waals surface area contributed by atoms with E-state index in [2.05, 4.69) is 0 Å². The number of hydrogen-bond donors (Lipinski definition) is 0. The summed E-state index contributed by atoms with van der Waals surface area (Å²) in [6, 6.07) is 17.6. The standard InChI is InChI=1S/C23H23NO6/c1-17(25)30-20-12-13-21(22(26)28-15-18-8-4-2-5-9-18)24(14-20)23(27)29-16-19-10-6-3-7-11-19/h2-11,14,21H,12-13,15-16H2,1H3/t21-/m0/s1. The Labute approximate surface area is 174 Å². The Bertz CT molecular complexity index is 910. The molecule has 3 rings (SSSR count). The van der Waals surface area contributed by atoms with Crippen LogP contribution in [0.4, 0.5) is 4.79 Å². The number of rotatable bonds is 6. The molecule has 0 N–H and O–H groups in total. The Morgan fingerprint density at radius 3 is 2.03 bits per heavy atom. The number of hydrogen-bond acceptors (Lipinski definition) is 6. The number of benzene rings is 2. The van der Waals surface area contributed by atoms with Crippen LogP contribution in [0.15, 0.2) is 72.6 Å². The van der Waals surface area contributed by atoms with E-state index < -0.39 is 24.1 Å². The van der Waals surface area contributed by atoms with Gasteiger partial charge in [-0.25, -0.2) is 9.59 Å². The lowest BCUT2D eigenvalue weighted by Crippen LogP contribution is -2.45. The molecule has 0 unspecified atom stereocenters. The van der Waals surface area contributed by atoms with E-state index >= 15 is 0 Å². The molecule has 7 heteroatoms. The summed E-state index contributed by atoms with van der Waals surface area (Å²) in [6.07, 6.45) is 1.21. The van der Waals surface area contributed by atoms with E-state index in [1.54, 1.807) is 0 Å². The second-order valence-electron chi connectivity index (χ2n) is 6.78. The van der Waals surface area contributed by atoms with Gasteiger partial charge < -0.3 is 14.2 Å². The van der Waals surface area contributed by atoms with Crippen LogP contribution in [0, 0.1) is 0 Å². The predicted molar refractivity (Wildman–Crippen MR) is 108 cm³/mol. The van der Waals surface area contributed by atoms with Crippen molar-refractivity contribution in [1.82, 2.24) is 4.90 Å². The van der Waals surface area contributed by atoms with Gasteiger partial charge >= 0.3 is 18.0 Å². The van der Waals surface area contributed by atoms with Crippen LogP contribution >= 0.6 is 0 Å². The number of allylic oxidation sites excluding steroid dienone is 1. The van der Waals surface area contributed by atoms with Crippen LogP contribution in [0.3, 0.4) is 0 Å². The minimum absolute atomic E-state index is 0.0543. The SMILES string of the molecule is CC(=O)OC1=CN(C(=O)OCc2ccccc2)[C@H](C(=O)OCc2ccccc2)CC1. The van der Waals surface area contributed by atoms with E-state index in [0.29, 0.717) is 12.2 Å². The van der Waals surface area contributed by atoms with Gasteiger partial charge in [-0.15, -0.1) is 0 Å². The van der Waals surface area contributed by atoms with Crippen LogP contribution in [0.1, 0.15) is 30.9 Å². The van der Waals surface area contributed by atoms with Crippen molar-refractivity contribution in [3.63, 3.8) is 0 Å². The van der Waals surface area contributed by atoms with E-state index in [1.165, 1.54) is 13.1 Å². The summed E-state index contributed by atoms with van der Waals surface area (Å²) in [5.41, 5.74) is 1.66. The lowest BCUT2D eigenvalue weighted by molar-refractivity contribution is -0.150. The second kappa shape index (κ2) is 10.2. The molecule has 156 valence electrons. The third kappa shape index (κ3) is 5.94. The molecule has 0 bridgehead atoms. The summed E-state index contributed by atoms with van der Waals surface area (Å²) in [4.78, 5) is 37.8. The summed E-state index contributed by atoms with van der Waals surface area (Å²) in [7, 11) is 0. The molecule has 1 aliphatic heterocycles. The molecular formula is C23H23NO6. The minimum atomic E-state index is -0.865. The van der Waals surface area contributed by atoms with Crippen molar-refractivity contribution < 1.29 is 28.6 Å². The maximum Gasteiger partial charge on any atom is 0.415 e. The van der Waals surface area contributed by atoms with E-state index in [9.17, 15) is 14.4 Å². The smallest absolute Gasteiger partial charge is 0.415 e. The molecule has 1 heterocycles. The average molecular weight is 409 g/mol. The van der Waals surface area contributed by atoms with Gasteiger partial charge in [0.2, 0.25) is 0 Å². The summed E-state index contributed by atoms with van der Waals surface area (Å²) in [6.45, 7) is 1.43. The first-order valence-electron chi connectivity index (χ1n) is 9.61. The first-order valence-corrected chi connectivity index (χ1v) is 9.61. The molecule has 1 aliphatic rings. The number of ether oxygens (including phenoxy) is 3. The van der Waals surface area contributed by atoms with Crippen LogP contribution in [0.25, 0.3) is 0 Å². The molecule has 0 aliphatic carbocycles. The molecule has 30 heavy (non-hydrogen) atoms. The molecule has 0 fully saturated rings. The van der Waals surface area contributed by atoms with Crippen molar-refractivity contribution >= 4 is 18.0 Å². The molecule has 1 amide bonds. The monoisotopic (exact) mass is 409 g/mol. The molecule has 0 spiro atoms. The van der Waals surface area contributed by atoms with Crippen LogP contribution in [0.5, 0.6) is 0 Å². The van der Waals surface area contributed by atoms with Crippen molar-refractivity contribution in [1.29, 1.82) is 0 Å². The number of esters is 2. The Morgan fingerprint density at radius 1 is 0.900 bits per heavy atom. The number of amides is 1. The second-order valence-corrected chi connectivity index (χ2v) is 6.78. The van der Waals surface area contributed by atoms with Gasteiger partial charge in [-0.05, 0) is 17.5 Å². The van der Waals surface area contributed by atoms with Crippen LogP contribution in [-0.4, -0.2) is 29.0 Å². The van der Waals surface area contributed by atoms with Gasteiger partial charge in [-0.3, -0.25) is 9.69 Å². The Hall–Kier alpha value is -3.61. The van der Waals surface area contributed by atoms with Crippen molar-refractivity contribution in [3.8, 4) is 0 Å². The zero-order chi connectivity index (χ0) is 21.3. The first-order chi connectivity index (χ1) is 14.5. The van der Waals surface area contributed by atoms with Crippen LogP contribution < -0.4 is 0 Å².